The van der Waals surface area contributed by atoms with Crippen LogP contribution in [-0.4, -0.2) is 49.3 Å². The van der Waals surface area contributed by atoms with E-state index >= 15 is 0 Å². The van der Waals surface area contributed by atoms with E-state index in [1.807, 2.05) is 0 Å². The molecule has 0 radical (unpaired) electrons. The third-order valence-corrected chi connectivity index (χ3v) is 14.8. The topological polar surface area (TPSA) is 134 Å². The molecule has 10 heteroatoms. The minimum absolute atomic E-state index is 0.0523. The lowest BCUT2D eigenvalue weighted by Crippen LogP contribution is -2.29. The molecule has 2 unspecified atom stereocenters. The van der Waals surface area contributed by atoms with E-state index in [2.05, 4.69) is 98.9 Å². The summed E-state index contributed by atoms with van der Waals surface area (Å²) in [6, 6.07) is 0. The molecule has 0 aromatic rings. The van der Waals surface area contributed by atoms with Gasteiger partial charge in [-0.2, -0.15) is 0 Å². The molecule has 0 aromatic carbocycles. The minimum Gasteiger partial charge on any atom is -0.462 e. The van der Waals surface area contributed by atoms with Crippen molar-refractivity contribution in [3.05, 3.63) is 85.1 Å². The summed E-state index contributed by atoms with van der Waals surface area (Å²) in [4.78, 5) is 35.3. The number of hydrogen-bond donors (Lipinski definition) is 2. The van der Waals surface area contributed by atoms with E-state index in [-0.39, 0.29) is 38.6 Å². The lowest BCUT2D eigenvalue weighted by Gasteiger charge is -2.19. The van der Waals surface area contributed by atoms with Gasteiger partial charge in [-0.3, -0.25) is 18.6 Å². The third-order valence-electron chi connectivity index (χ3n) is 13.8. The van der Waals surface area contributed by atoms with Gasteiger partial charge in [-0.25, -0.2) is 4.57 Å². The van der Waals surface area contributed by atoms with Gasteiger partial charge in [0.05, 0.1) is 13.2 Å². The number of hydrogen-bond acceptors (Lipinski definition) is 8. The van der Waals surface area contributed by atoms with E-state index in [4.69, 9.17) is 24.3 Å². The fourth-order valence-corrected chi connectivity index (χ4v) is 9.86. The summed E-state index contributed by atoms with van der Waals surface area (Å²) >= 11 is 0. The highest BCUT2D eigenvalue weighted by molar-refractivity contribution is 7.47. The summed E-state index contributed by atoms with van der Waals surface area (Å²) in [6.07, 6.45) is 82.2. The van der Waals surface area contributed by atoms with Crippen LogP contribution in [0.2, 0.25) is 0 Å². The summed E-state index contributed by atoms with van der Waals surface area (Å²) in [5, 5.41) is 0. The Morgan fingerprint density at radius 2 is 0.714 bits per heavy atom. The van der Waals surface area contributed by atoms with Crippen molar-refractivity contribution in [1.29, 1.82) is 0 Å². The first kappa shape index (κ1) is 74.2. The number of phosphoric acid groups is 1. The molecular weight excluding hydrogens is 978 g/mol. The van der Waals surface area contributed by atoms with Gasteiger partial charge in [0, 0.05) is 19.4 Å². The number of carbonyl (C=O) groups excluding carboxylic acids is 2. The van der Waals surface area contributed by atoms with E-state index in [0.717, 1.165) is 83.5 Å². The average Bonchev–Trinajstić information content (AvgIpc) is 3.42. The van der Waals surface area contributed by atoms with Crippen LogP contribution in [0.15, 0.2) is 85.1 Å². The van der Waals surface area contributed by atoms with Crippen molar-refractivity contribution in [2.45, 2.75) is 302 Å². The molecule has 77 heavy (non-hydrogen) atoms. The Morgan fingerprint density at radius 1 is 0.403 bits per heavy atom. The molecule has 9 nitrogen and oxygen atoms in total. The van der Waals surface area contributed by atoms with Crippen LogP contribution in [0.5, 0.6) is 0 Å². The van der Waals surface area contributed by atoms with Gasteiger partial charge in [-0.05, 0) is 70.6 Å². The second-order valence-corrected chi connectivity index (χ2v) is 22.7. The standard InChI is InChI=1S/C67H120NO8P/c1-3-5-7-9-11-13-15-17-19-21-23-25-26-27-28-29-30-31-32-33-34-35-36-37-38-40-42-44-46-48-50-52-54-56-58-60-67(70)76-65(64-75-77(71,72)74-62-61-68)63-73-66(69)59-57-55-53-51-49-47-45-43-41-39-24-22-20-18-16-14-12-10-8-6-4-2/h5,7,11,13,17,19,23,25,27-28,30-31,33-34,65H,3-4,6,8-10,12,14-16,18,20-22,24,26,29,32,35-64,68H2,1-2H3,(H,71,72)/b7-5-,13-11-,19-17-,25-23-,28-27-,31-30-,34-33-. The SMILES string of the molecule is CC/C=C\C/C=C\C/C=C\C/C=C\C/C=C\C/C=C\C/C=C\CCCCCCCCCCCCCCCC(=O)OC(COC(=O)CCCCCCCCCCCCCCCCCCCCCCC)COP(=O)(O)OCCN. The molecule has 0 spiro atoms. The van der Waals surface area contributed by atoms with Crippen molar-refractivity contribution in [1.82, 2.24) is 0 Å². The molecule has 0 rings (SSSR count). The maximum atomic E-state index is 12.7. The zero-order valence-corrected chi connectivity index (χ0v) is 50.8. The minimum atomic E-state index is -4.39. The molecule has 2 atom stereocenters. The van der Waals surface area contributed by atoms with Gasteiger partial charge >= 0.3 is 19.8 Å². The molecule has 0 aliphatic rings. The maximum Gasteiger partial charge on any atom is 0.472 e. The number of allylic oxidation sites excluding steroid dienone is 14. The van der Waals surface area contributed by atoms with E-state index in [9.17, 15) is 19.0 Å². The Morgan fingerprint density at radius 3 is 1.06 bits per heavy atom. The van der Waals surface area contributed by atoms with E-state index < -0.39 is 26.5 Å². The van der Waals surface area contributed by atoms with E-state index in [0.29, 0.717) is 6.42 Å². The molecule has 0 aliphatic heterocycles. The highest BCUT2D eigenvalue weighted by Crippen LogP contribution is 2.43. The monoisotopic (exact) mass is 1100 g/mol. The normalized spacial score (nSPS) is 13.6. The van der Waals surface area contributed by atoms with Crippen LogP contribution in [0.4, 0.5) is 0 Å². The fraction of sp³-hybridized carbons (Fsp3) is 0.761. The van der Waals surface area contributed by atoms with Crippen LogP contribution in [0.1, 0.15) is 296 Å². The summed E-state index contributed by atoms with van der Waals surface area (Å²) in [6.45, 7) is 3.67. The number of phosphoric ester groups is 1. The molecule has 0 saturated carbocycles. The maximum absolute atomic E-state index is 12.7. The molecule has 0 saturated heterocycles. The van der Waals surface area contributed by atoms with Crippen LogP contribution in [0.3, 0.4) is 0 Å². The van der Waals surface area contributed by atoms with Crippen molar-refractivity contribution in [2.75, 3.05) is 26.4 Å². The molecule has 0 fully saturated rings. The molecule has 0 aliphatic carbocycles. The largest absolute Gasteiger partial charge is 0.472 e. The molecule has 0 bridgehead atoms. The van der Waals surface area contributed by atoms with Gasteiger partial charge in [0.25, 0.3) is 0 Å². The number of carbonyl (C=O) groups is 2. The second kappa shape index (κ2) is 62.4. The molecule has 0 aromatic heterocycles. The van der Waals surface area contributed by atoms with E-state index in [1.54, 1.807) is 0 Å². The first-order chi connectivity index (χ1) is 37.8. The Balaban J connectivity index is 3.91. The summed E-state index contributed by atoms with van der Waals surface area (Å²) in [5.74, 6) is -0.818. The number of nitrogens with two attached hydrogens (primary N) is 1. The van der Waals surface area contributed by atoms with Crippen molar-refractivity contribution < 1.29 is 37.6 Å². The first-order valence-corrected chi connectivity index (χ1v) is 33.6. The Bertz CT molecular complexity index is 1530. The Labute approximate surface area is 474 Å². The number of esters is 2. The van der Waals surface area contributed by atoms with Crippen LogP contribution >= 0.6 is 7.82 Å². The van der Waals surface area contributed by atoms with Gasteiger partial charge in [0.15, 0.2) is 6.10 Å². The van der Waals surface area contributed by atoms with Gasteiger partial charge in [0.1, 0.15) is 6.61 Å². The van der Waals surface area contributed by atoms with Crippen LogP contribution < -0.4 is 5.73 Å². The molecule has 3 N–H and O–H groups in total. The zero-order chi connectivity index (χ0) is 55.9. The van der Waals surface area contributed by atoms with E-state index in [1.165, 1.54) is 180 Å². The predicted octanol–water partition coefficient (Wildman–Crippen LogP) is 20.6. The van der Waals surface area contributed by atoms with Crippen molar-refractivity contribution in [3.63, 3.8) is 0 Å². The van der Waals surface area contributed by atoms with Gasteiger partial charge in [-0.15, -0.1) is 0 Å². The fourth-order valence-electron chi connectivity index (χ4n) is 9.09. The second-order valence-electron chi connectivity index (χ2n) is 21.3. The number of ether oxygens (including phenoxy) is 2. The highest BCUT2D eigenvalue weighted by atomic mass is 31.2. The highest BCUT2D eigenvalue weighted by Gasteiger charge is 2.26. The molecule has 446 valence electrons. The Kier molecular flexibility index (Phi) is 60.1. The molecular formula is C67H120NO8P. The lowest BCUT2D eigenvalue weighted by atomic mass is 10.0. The van der Waals surface area contributed by atoms with Crippen molar-refractivity contribution in [2.24, 2.45) is 5.73 Å². The predicted molar refractivity (Wildman–Crippen MR) is 330 cm³/mol. The average molecular weight is 1100 g/mol. The third kappa shape index (κ3) is 62.3. The van der Waals surface area contributed by atoms with Gasteiger partial charge < -0.3 is 20.1 Å². The van der Waals surface area contributed by atoms with Gasteiger partial charge in [-0.1, -0.05) is 298 Å². The summed E-state index contributed by atoms with van der Waals surface area (Å²) in [5.41, 5.74) is 5.39. The van der Waals surface area contributed by atoms with Gasteiger partial charge in [0.2, 0.25) is 0 Å². The zero-order valence-electron chi connectivity index (χ0n) is 49.9. The van der Waals surface area contributed by atoms with Crippen molar-refractivity contribution in [3.8, 4) is 0 Å². The quantitative estimate of drug-likeness (QED) is 0.0264. The smallest absolute Gasteiger partial charge is 0.462 e. The van der Waals surface area contributed by atoms with Crippen LogP contribution in [0, 0.1) is 0 Å². The molecule has 0 amide bonds. The van der Waals surface area contributed by atoms with Crippen LogP contribution in [-0.2, 0) is 32.7 Å². The number of unbranched alkanes of at least 4 members (excludes halogenated alkanes) is 33. The first-order valence-electron chi connectivity index (χ1n) is 32.1. The van der Waals surface area contributed by atoms with Crippen LogP contribution in [0.25, 0.3) is 0 Å². The van der Waals surface area contributed by atoms with Crippen molar-refractivity contribution >= 4 is 19.8 Å². The Hall–Kier alpha value is -2.81. The molecule has 0 heterocycles. The number of rotatable bonds is 60. The lowest BCUT2D eigenvalue weighted by molar-refractivity contribution is -0.161. The summed E-state index contributed by atoms with van der Waals surface area (Å²) < 4.78 is 33.1. The summed E-state index contributed by atoms with van der Waals surface area (Å²) in [7, 11) is -4.39.